The number of phenols is 1. The largest absolute Gasteiger partial charge is 0.508 e. The highest BCUT2D eigenvalue weighted by atomic mass is 35.5. The Morgan fingerprint density at radius 1 is 1.18 bits per heavy atom. The number of benzene rings is 2. The molecule has 22 heavy (non-hydrogen) atoms. The van der Waals surface area contributed by atoms with Crippen LogP contribution in [-0.2, 0) is 4.79 Å². The zero-order valence-electron chi connectivity index (χ0n) is 12.1. The molecule has 0 heterocycles. The summed E-state index contributed by atoms with van der Waals surface area (Å²) in [6.45, 7) is 3.40. The number of amides is 1. The fourth-order valence-corrected chi connectivity index (χ4v) is 2.18. The zero-order chi connectivity index (χ0) is 16.3. The van der Waals surface area contributed by atoms with Gasteiger partial charge in [0.15, 0.2) is 6.10 Å². The predicted molar refractivity (Wildman–Crippen MR) is 88.0 cm³/mol. The van der Waals surface area contributed by atoms with Gasteiger partial charge in [0.1, 0.15) is 11.5 Å². The molecule has 2 rings (SSSR count). The summed E-state index contributed by atoms with van der Waals surface area (Å²) >= 11 is 12.1. The molecule has 4 nitrogen and oxygen atoms in total. The molecule has 0 bridgehead atoms. The number of hydrogen-bond acceptors (Lipinski definition) is 3. The number of halogens is 2. The molecule has 2 aromatic carbocycles. The molecule has 0 fully saturated rings. The van der Waals surface area contributed by atoms with Crippen molar-refractivity contribution in [2.75, 3.05) is 5.32 Å². The lowest BCUT2D eigenvalue weighted by Gasteiger charge is -2.16. The second kappa shape index (κ2) is 6.90. The van der Waals surface area contributed by atoms with Gasteiger partial charge in [-0.05, 0) is 55.8 Å². The van der Waals surface area contributed by atoms with Crippen molar-refractivity contribution >= 4 is 34.8 Å². The Morgan fingerprint density at radius 3 is 2.45 bits per heavy atom. The molecule has 116 valence electrons. The van der Waals surface area contributed by atoms with Crippen LogP contribution in [0, 0.1) is 6.92 Å². The van der Waals surface area contributed by atoms with Gasteiger partial charge < -0.3 is 15.2 Å². The summed E-state index contributed by atoms with van der Waals surface area (Å²) in [5.74, 6) is 0.206. The summed E-state index contributed by atoms with van der Waals surface area (Å²) in [4.78, 5) is 12.1. The van der Waals surface area contributed by atoms with Crippen LogP contribution in [0.25, 0.3) is 0 Å². The highest BCUT2D eigenvalue weighted by molar-refractivity contribution is 6.36. The van der Waals surface area contributed by atoms with Crippen LogP contribution in [0.3, 0.4) is 0 Å². The molecule has 1 atom stereocenters. The highest BCUT2D eigenvalue weighted by Crippen LogP contribution is 2.33. The van der Waals surface area contributed by atoms with Gasteiger partial charge in [-0.25, -0.2) is 0 Å². The number of rotatable bonds is 4. The minimum absolute atomic E-state index is 0.130. The van der Waals surface area contributed by atoms with Crippen molar-refractivity contribution < 1.29 is 14.6 Å². The topological polar surface area (TPSA) is 58.6 Å². The lowest BCUT2D eigenvalue weighted by molar-refractivity contribution is -0.122. The lowest BCUT2D eigenvalue weighted by atomic mass is 10.2. The Hall–Kier alpha value is -1.91. The summed E-state index contributed by atoms with van der Waals surface area (Å²) in [5, 5.41) is 12.8. The third-order valence-corrected chi connectivity index (χ3v) is 3.97. The number of nitrogens with one attached hydrogen (secondary N) is 1. The maximum absolute atomic E-state index is 12.1. The van der Waals surface area contributed by atoms with E-state index in [1.54, 1.807) is 38.1 Å². The molecule has 0 spiro atoms. The molecule has 0 radical (unpaired) electrons. The number of carbonyl (C=O) groups is 1. The Kier molecular flexibility index (Phi) is 5.16. The van der Waals surface area contributed by atoms with Gasteiger partial charge in [-0.2, -0.15) is 0 Å². The van der Waals surface area contributed by atoms with Crippen LogP contribution in [0.2, 0.25) is 10.0 Å². The number of ether oxygens (including phenoxy) is 1. The first-order valence-electron chi connectivity index (χ1n) is 6.59. The fourth-order valence-electron chi connectivity index (χ4n) is 1.76. The van der Waals surface area contributed by atoms with Crippen molar-refractivity contribution in [2.24, 2.45) is 0 Å². The Bertz CT molecular complexity index is 687. The molecular formula is C16H15Cl2NO3. The van der Waals surface area contributed by atoms with E-state index < -0.39 is 6.10 Å². The number of phenolic OH excluding ortho intramolecular Hbond substituents is 1. The van der Waals surface area contributed by atoms with E-state index >= 15 is 0 Å². The van der Waals surface area contributed by atoms with Gasteiger partial charge in [-0.15, -0.1) is 0 Å². The molecule has 0 aliphatic heterocycles. The quantitative estimate of drug-likeness (QED) is 0.811. The second-order valence-electron chi connectivity index (χ2n) is 4.78. The van der Waals surface area contributed by atoms with Gasteiger partial charge in [-0.3, -0.25) is 4.79 Å². The first-order chi connectivity index (χ1) is 10.4. The molecule has 0 saturated carbocycles. The highest BCUT2D eigenvalue weighted by Gasteiger charge is 2.17. The molecule has 0 aliphatic carbocycles. The molecule has 2 N–H and O–H groups in total. The lowest BCUT2D eigenvalue weighted by Crippen LogP contribution is -2.30. The van der Waals surface area contributed by atoms with Gasteiger partial charge in [0.05, 0.1) is 5.02 Å². The minimum Gasteiger partial charge on any atom is -0.508 e. The number of aromatic hydroxyl groups is 1. The van der Waals surface area contributed by atoms with Gasteiger partial charge >= 0.3 is 0 Å². The molecule has 1 unspecified atom stereocenters. The van der Waals surface area contributed by atoms with E-state index in [0.29, 0.717) is 27.0 Å². The van der Waals surface area contributed by atoms with Crippen LogP contribution in [0.4, 0.5) is 5.69 Å². The first-order valence-corrected chi connectivity index (χ1v) is 7.35. The molecule has 0 aromatic heterocycles. The van der Waals surface area contributed by atoms with Crippen molar-refractivity contribution in [1.82, 2.24) is 0 Å². The third kappa shape index (κ3) is 3.84. The first kappa shape index (κ1) is 16.5. The zero-order valence-corrected chi connectivity index (χ0v) is 13.6. The van der Waals surface area contributed by atoms with Crippen molar-refractivity contribution in [1.29, 1.82) is 0 Å². The average Bonchev–Trinajstić information content (AvgIpc) is 2.50. The molecule has 1 amide bonds. The van der Waals surface area contributed by atoms with E-state index in [-0.39, 0.29) is 11.7 Å². The third-order valence-electron chi connectivity index (χ3n) is 3.09. The Morgan fingerprint density at radius 2 is 1.82 bits per heavy atom. The van der Waals surface area contributed by atoms with Crippen LogP contribution in [0.5, 0.6) is 11.5 Å². The monoisotopic (exact) mass is 339 g/mol. The summed E-state index contributed by atoms with van der Waals surface area (Å²) in [6, 6.07) is 9.46. The predicted octanol–water partition coefficient (Wildman–Crippen LogP) is 4.41. The van der Waals surface area contributed by atoms with Crippen LogP contribution in [-0.4, -0.2) is 17.1 Å². The molecular weight excluding hydrogens is 325 g/mol. The summed E-state index contributed by atoms with van der Waals surface area (Å²) in [7, 11) is 0. The number of hydrogen-bond donors (Lipinski definition) is 2. The van der Waals surface area contributed by atoms with Crippen molar-refractivity contribution in [3.8, 4) is 11.5 Å². The maximum atomic E-state index is 12.1. The van der Waals surface area contributed by atoms with Gasteiger partial charge in [-0.1, -0.05) is 23.2 Å². The van der Waals surface area contributed by atoms with E-state index in [0.717, 1.165) is 0 Å². The summed E-state index contributed by atoms with van der Waals surface area (Å²) in [5.41, 5.74) is 1.27. The number of carbonyl (C=O) groups excluding carboxylic acids is 1. The smallest absolute Gasteiger partial charge is 0.265 e. The Labute approximate surface area is 138 Å². The van der Waals surface area contributed by atoms with Crippen molar-refractivity contribution in [3.05, 3.63) is 52.0 Å². The molecule has 0 aliphatic rings. The van der Waals surface area contributed by atoms with Crippen LogP contribution in [0.15, 0.2) is 36.4 Å². The van der Waals surface area contributed by atoms with E-state index in [4.69, 9.17) is 27.9 Å². The van der Waals surface area contributed by atoms with Crippen LogP contribution in [0.1, 0.15) is 12.5 Å². The average molecular weight is 340 g/mol. The van der Waals surface area contributed by atoms with E-state index in [2.05, 4.69) is 5.32 Å². The molecule has 6 heteroatoms. The van der Waals surface area contributed by atoms with Crippen molar-refractivity contribution in [2.45, 2.75) is 20.0 Å². The second-order valence-corrected chi connectivity index (χ2v) is 5.57. The van der Waals surface area contributed by atoms with Crippen LogP contribution >= 0.6 is 23.2 Å². The van der Waals surface area contributed by atoms with Crippen molar-refractivity contribution in [3.63, 3.8) is 0 Å². The van der Waals surface area contributed by atoms with E-state index in [1.165, 1.54) is 12.1 Å². The van der Waals surface area contributed by atoms with Gasteiger partial charge in [0.2, 0.25) is 0 Å². The van der Waals surface area contributed by atoms with Crippen LogP contribution < -0.4 is 10.1 Å². The van der Waals surface area contributed by atoms with E-state index in [9.17, 15) is 9.90 Å². The standard InChI is InChI=1S/C16H15Cl2NO3/c1-9-13(17)7-8-14(15(9)18)22-10(2)16(21)19-11-3-5-12(20)6-4-11/h3-8,10,20H,1-2H3,(H,19,21). The maximum Gasteiger partial charge on any atom is 0.265 e. The SMILES string of the molecule is Cc1c(Cl)ccc(OC(C)C(=O)Nc2ccc(O)cc2)c1Cl. The molecule has 0 saturated heterocycles. The van der Waals surface area contributed by atoms with E-state index in [1.807, 2.05) is 0 Å². The Balaban J connectivity index is 2.05. The fraction of sp³-hybridized carbons (Fsp3) is 0.188. The normalized spacial score (nSPS) is 11.8. The summed E-state index contributed by atoms with van der Waals surface area (Å²) < 4.78 is 5.59. The van der Waals surface area contributed by atoms with Gasteiger partial charge in [0, 0.05) is 10.7 Å². The molecule has 2 aromatic rings. The summed E-state index contributed by atoms with van der Waals surface area (Å²) in [6.07, 6.45) is -0.744. The minimum atomic E-state index is -0.744. The van der Waals surface area contributed by atoms with Gasteiger partial charge in [0.25, 0.3) is 5.91 Å². The number of anilines is 1.